The second kappa shape index (κ2) is 7.90. The normalized spacial score (nSPS) is 12.2. The van der Waals surface area contributed by atoms with Crippen LogP contribution in [0.1, 0.15) is 21.6 Å². The lowest BCUT2D eigenvalue weighted by Crippen LogP contribution is -2.07. The van der Waals surface area contributed by atoms with Gasteiger partial charge in [0.2, 0.25) is 0 Å². The molecule has 3 aromatic carbocycles. The van der Waals surface area contributed by atoms with Gasteiger partial charge in [0.1, 0.15) is 6.61 Å². The highest BCUT2D eigenvalue weighted by molar-refractivity contribution is 7.83. The average molecular weight is 389 g/mol. The minimum atomic E-state index is -0.963. The number of carbonyl (C=O) groups excluding carboxylic acids is 1. The molecule has 0 bridgehead atoms. The van der Waals surface area contributed by atoms with Crippen molar-refractivity contribution >= 4 is 38.4 Å². The molecular weight excluding hydrogens is 370 g/mol. The number of aromatic nitrogens is 1. The summed E-state index contributed by atoms with van der Waals surface area (Å²) in [5, 5.41) is 3.14. The summed E-state index contributed by atoms with van der Waals surface area (Å²) in [6.07, 6.45) is 1.64. The second-order valence-corrected chi connectivity index (χ2v) is 8.05. The van der Waals surface area contributed by atoms with Gasteiger partial charge in [-0.1, -0.05) is 54.6 Å². The number of carbonyl (C=O) groups is 1. The van der Waals surface area contributed by atoms with E-state index in [0.29, 0.717) is 11.3 Å². The first kappa shape index (κ1) is 18.3. The van der Waals surface area contributed by atoms with Crippen molar-refractivity contribution in [1.82, 2.24) is 4.98 Å². The number of pyridine rings is 1. The van der Waals surface area contributed by atoms with Crippen LogP contribution in [0.15, 0.2) is 72.8 Å². The lowest BCUT2D eigenvalue weighted by atomic mass is 10.0. The first-order chi connectivity index (χ1) is 13.6. The molecular formula is C23H19NO3S. The van der Waals surface area contributed by atoms with Crippen LogP contribution in [0.3, 0.4) is 0 Å². The summed E-state index contributed by atoms with van der Waals surface area (Å²) in [5.74, 6) is 0.000573. The molecule has 0 fully saturated rings. The maximum Gasteiger partial charge on any atom is 0.338 e. The number of rotatable bonds is 5. The summed E-state index contributed by atoms with van der Waals surface area (Å²) in [7, 11) is -0.963. The highest BCUT2D eigenvalue weighted by atomic mass is 32.2. The van der Waals surface area contributed by atoms with E-state index in [4.69, 9.17) is 9.72 Å². The predicted octanol–water partition coefficient (Wildman–Crippen LogP) is 4.62. The summed E-state index contributed by atoms with van der Waals surface area (Å²) in [6.45, 7) is 0.0914. The Labute approximate surface area is 165 Å². The number of para-hydroxylation sites is 1. The van der Waals surface area contributed by atoms with Crippen LogP contribution in [0, 0.1) is 0 Å². The molecule has 0 N–H and O–H groups in total. The van der Waals surface area contributed by atoms with Crippen LogP contribution in [0.5, 0.6) is 0 Å². The average Bonchev–Trinajstić information content (AvgIpc) is 2.71. The van der Waals surface area contributed by atoms with E-state index in [-0.39, 0.29) is 6.61 Å². The fraction of sp³-hybridized carbons (Fsp3) is 0.130. The number of hydrogen-bond donors (Lipinski definition) is 0. The Morgan fingerprint density at radius 2 is 1.64 bits per heavy atom. The fourth-order valence-corrected chi connectivity index (χ4v) is 3.97. The Hall–Kier alpha value is -3.05. The number of benzene rings is 3. The molecule has 5 heteroatoms. The van der Waals surface area contributed by atoms with E-state index >= 15 is 0 Å². The fourth-order valence-electron chi connectivity index (χ4n) is 3.32. The molecule has 1 atom stereocenters. The molecule has 0 amide bonds. The van der Waals surface area contributed by atoms with Gasteiger partial charge in [0.25, 0.3) is 0 Å². The molecule has 28 heavy (non-hydrogen) atoms. The number of hydrogen-bond acceptors (Lipinski definition) is 4. The highest BCUT2D eigenvalue weighted by Crippen LogP contribution is 2.26. The van der Waals surface area contributed by atoms with E-state index in [1.54, 1.807) is 24.5 Å². The topological polar surface area (TPSA) is 56.3 Å². The molecule has 0 saturated heterocycles. The van der Waals surface area contributed by atoms with Crippen LogP contribution in [-0.2, 0) is 27.9 Å². The molecule has 4 aromatic rings. The molecule has 0 aliphatic rings. The van der Waals surface area contributed by atoms with Crippen LogP contribution >= 0.6 is 0 Å². The summed E-state index contributed by atoms with van der Waals surface area (Å²) in [6, 6.07) is 23.0. The van der Waals surface area contributed by atoms with Gasteiger partial charge in [0.05, 0.1) is 16.8 Å². The van der Waals surface area contributed by atoms with E-state index in [2.05, 4.69) is 6.07 Å². The molecule has 4 rings (SSSR count). The van der Waals surface area contributed by atoms with Crippen molar-refractivity contribution in [2.75, 3.05) is 6.26 Å². The minimum Gasteiger partial charge on any atom is -0.456 e. The van der Waals surface area contributed by atoms with Crippen molar-refractivity contribution in [1.29, 1.82) is 0 Å². The smallest absolute Gasteiger partial charge is 0.338 e. The Bertz CT molecular complexity index is 1200. The van der Waals surface area contributed by atoms with Crippen LogP contribution in [0.25, 0.3) is 21.7 Å². The van der Waals surface area contributed by atoms with Crippen molar-refractivity contribution in [3.05, 3.63) is 89.6 Å². The third kappa shape index (κ3) is 3.80. The van der Waals surface area contributed by atoms with Crippen LogP contribution in [0.4, 0.5) is 0 Å². The first-order valence-electron chi connectivity index (χ1n) is 8.94. The van der Waals surface area contributed by atoms with Crippen LogP contribution in [0.2, 0.25) is 0 Å². The van der Waals surface area contributed by atoms with Gasteiger partial charge in [-0.2, -0.15) is 0 Å². The van der Waals surface area contributed by atoms with Gasteiger partial charge < -0.3 is 4.74 Å². The lowest BCUT2D eigenvalue weighted by molar-refractivity contribution is 0.0470. The summed E-state index contributed by atoms with van der Waals surface area (Å²) >= 11 is 0. The molecule has 4 nitrogen and oxygen atoms in total. The molecule has 140 valence electrons. The first-order valence-corrected chi connectivity index (χ1v) is 10.7. The monoisotopic (exact) mass is 389 g/mol. The molecule has 0 unspecified atom stereocenters. The Kier molecular flexibility index (Phi) is 5.17. The van der Waals surface area contributed by atoms with Crippen molar-refractivity contribution < 1.29 is 13.7 Å². The van der Waals surface area contributed by atoms with Gasteiger partial charge in [-0.25, -0.2) is 9.78 Å². The van der Waals surface area contributed by atoms with E-state index in [0.717, 1.165) is 32.9 Å². The summed E-state index contributed by atoms with van der Waals surface area (Å²) < 4.78 is 17.0. The van der Waals surface area contributed by atoms with Gasteiger partial charge in [0, 0.05) is 33.6 Å². The maximum atomic E-state index is 12.5. The molecule has 0 saturated carbocycles. The van der Waals surface area contributed by atoms with Crippen molar-refractivity contribution in [3.8, 4) is 0 Å². The van der Waals surface area contributed by atoms with Gasteiger partial charge in [-0.3, -0.25) is 4.21 Å². The summed E-state index contributed by atoms with van der Waals surface area (Å²) in [5.41, 5.74) is 2.91. The predicted molar refractivity (Wildman–Crippen MR) is 113 cm³/mol. The Morgan fingerprint density at radius 3 is 2.43 bits per heavy atom. The van der Waals surface area contributed by atoms with Crippen LogP contribution < -0.4 is 0 Å². The van der Waals surface area contributed by atoms with Crippen molar-refractivity contribution in [2.45, 2.75) is 12.4 Å². The second-order valence-electron chi connectivity index (χ2n) is 6.62. The van der Waals surface area contributed by atoms with Gasteiger partial charge in [0.15, 0.2) is 0 Å². The maximum absolute atomic E-state index is 12.5. The zero-order valence-electron chi connectivity index (χ0n) is 15.4. The van der Waals surface area contributed by atoms with Gasteiger partial charge >= 0.3 is 5.97 Å². The van der Waals surface area contributed by atoms with Crippen molar-refractivity contribution in [3.63, 3.8) is 0 Å². The zero-order valence-corrected chi connectivity index (χ0v) is 16.2. The molecule has 0 aliphatic heterocycles. The molecule has 0 aliphatic carbocycles. The third-order valence-corrected chi connectivity index (χ3v) is 5.30. The SMILES string of the molecule is C[S@@](=O)Cc1cccc(C(=O)OCc2nc3ccccc3c3ccccc23)c1. The van der Waals surface area contributed by atoms with Crippen LogP contribution in [-0.4, -0.2) is 21.4 Å². The van der Waals surface area contributed by atoms with E-state index in [1.807, 2.05) is 48.5 Å². The minimum absolute atomic E-state index is 0.0914. The quantitative estimate of drug-likeness (QED) is 0.369. The highest BCUT2D eigenvalue weighted by Gasteiger charge is 2.12. The third-order valence-electron chi connectivity index (χ3n) is 4.56. The molecule has 0 spiro atoms. The number of nitrogens with zero attached hydrogens (tertiary/aromatic N) is 1. The number of esters is 1. The van der Waals surface area contributed by atoms with Crippen molar-refractivity contribution in [2.24, 2.45) is 0 Å². The standard InChI is InChI=1S/C23H19NO3S/c1-28(26)15-16-7-6-8-17(13-16)23(25)27-14-22-20-11-3-2-9-18(20)19-10-4-5-12-21(19)24-22/h2-13H,14-15H2,1H3/t28-/m1/s1. The van der Waals surface area contributed by atoms with E-state index in [9.17, 15) is 9.00 Å². The van der Waals surface area contributed by atoms with Gasteiger partial charge in [-0.05, 0) is 29.1 Å². The lowest BCUT2D eigenvalue weighted by Gasteiger charge is -2.10. The Balaban J connectivity index is 1.62. The van der Waals surface area contributed by atoms with Gasteiger partial charge in [-0.15, -0.1) is 0 Å². The molecule has 1 heterocycles. The zero-order chi connectivity index (χ0) is 19.5. The molecule has 0 radical (unpaired) electrons. The Morgan fingerprint density at radius 1 is 0.929 bits per heavy atom. The number of fused-ring (bicyclic) bond motifs is 3. The number of ether oxygens (including phenoxy) is 1. The summed E-state index contributed by atoms with van der Waals surface area (Å²) in [4.78, 5) is 17.2. The molecule has 1 aromatic heterocycles. The van der Waals surface area contributed by atoms with E-state index in [1.165, 1.54) is 0 Å². The largest absolute Gasteiger partial charge is 0.456 e. The van der Waals surface area contributed by atoms with E-state index < -0.39 is 16.8 Å².